The summed E-state index contributed by atoms with van der Waals surface area (Å²) in [5.41, 5.74) is 3.35. The number of nitrogens with zero attached hydrogens (tertiary/aromatic N) is 5. The maximum atomic E-state index is 13.2. The Hall–Kier alpha value is -3.56. The van der Waals surface area contributed by atoms with Crippen molar-refractivity contribution in [2.45, 2.75) is 25.8 Å². The molecule has 0 bridgehead atoms. The summed E-state index contributed by atoms with van der Waals surface area (Å²) in [5, 5.41) is 4.62. The van der Waals surface area contributed by atoms with Crippen LogP contribution in [-0.4, -0.2) is 41.9 Å². The number of pyridine rings is 1. The molecule has 0 fully saturated rings. The van der Waals surface area contributed by atoms with E-state index in [1.807, 2.05) is 31.3 Å². The first-order chi connectivity index (χ1) is 14.0. The quantitative estimate of drug-likeness (QED) is 0.573. The van der Waals surface area contributed by atoms with Crippen molar-refractivity contribution in [3.05, 3.63) is 71.2 Å². The van der Waals surface area contributed by atoms with E-state index in [0.717, 1.165) is 23.2 Å². The highest BCUT2D eigenvalue weighted by molar-refractivity contribution is 5.93. The Balaban J connectivity index is 1.62. The molecule has 0 aromatic carbocycles. The molecule has 1 atom stereocenters. The third-order valence-corrected chi connectivity index (χ3v) is 5.09. The predicted octanol–water partition coefficient (Wildman–Crippen LogP) is 3.08. The van der Waals surface area contributed by atoms with Gasteiger partial charge in [0.05, 0.1) is 23.2 Å². The second-order valence-electron chi connectivity index (χ2n) is 6.93. The fraction of sp³-hybridized carbons (Fsp3) is 0.263. The van der Waals surface area contributed by atoms with Gasteiger partial charge in [-0.3, -0.25) is 4.79 Å². The lowest BCUT2D eigenvalue weighted by Crippen LogP contribution is -2.41. The molecule has 0 saturated heterocycles. The highest BCUT2D eigenvalue weighted by Crippen LogP contribution is 2.35. The molecule has 4 aromatic rings. The van der Waals surface area contributed by atoms with Crippen molar-refractivity contribution in [3.8, 4) is 0 Å². The standard InChI is InChI=1S/C19H16F2N6O2/c1-10-2-3-11-6-13(25-27(11)7-10)16-14-12(22-8-23-14)4-5-26(16)19(28)17-15(18(20)21)24-9-29-17/h2-3,6-9,16,18H,4-5H2,1H3,(H,22,23). The largest absolute Gasteiger partial charge is 0.438 e. The fourth-order valence-electron chi connectivity index (χ4n) is 3.74. The first kappa shape index (κ1) is 17.5. The second kappa shape index (κ2) is 6.50. The Labute approximate surface area is 163 Å². The van der Waals surface area contributed by atoms with E-state index < -0.39 is 29.8 Å². The smallest absolute Gasteiger partial charge is 0.292 e. The molecule has 0 radical (unpaired) electrons. The van der Waals surface area contributed by atoms with E-state index in [4.69, 9.17) is 4.42 Å². The maximum Gasteiger partial charge on any atom is 0.292 e. The number of aromatic nitrogens is 5. The summed E-state index contributed by atoms with van der Waals surface area (Å²) in [6, 6.07) is 5.13. The van der Waals surface area contributed by atoms with Gasteiger partial charge in [0, 0.05) is 24.9 Å². The number of hydrogen-bond donors (Lipinski definition) is 1. The molecule has 0 aliphatic carbocycles. The Morgan fingerprint density at radius 1 is 1.34 bits per heavy atom. The third kappa shape index (κ3) is 2.79. The minimum atomic E-state index is -2.91. The molecule has 1 amide bonds. The Kier molecular flexibility index (Phi) is 3.93. The SMILES string of the molecule is Cc1ccc2cc(C3c4nc[nH]c4CCN3C(=O)c3ocnc3C(F)F)nn2c1. The number of oxazole rings is 1. The summed E-state index contributed by atoms with van der Waals surface area (Å²) >= 11 is 0. The van der Waals surface area contributed by atoms with Gasteiger partial charge in [-0.05, 0) is 24.6 Å². The molecule has 8 nitrogen and oxygen atoms in total. The van der Waals surface area contributed by atoms with Crippen LogP contribution in [0.4, 0.5) is 8.78 Å². The topological polar surface area (TPSA) is 92.3 Å². The normalized spacial score (nSPS) is 16.6. The van der Waals surface area contributed by atoms with E-state index >= 15 is 0 Å². The Bertz CT molecular complexity index is 1210. The minimum Gasteiger partial charge on any atom is -0.438 e. The second-order valence-corrected chi connectivity index (χ2v) is 6.93. The number of carbonyl (C=O) groups is 1. The molecule has 0 spiro atoms. The first-order valence-corrected chi connectivity index (χ1v) is 9.03. The number of halogens is 2. The highest BCUT2D eigenvalue weighted by Gasteiger charge is 2.39. The average molecular weight is 398 g/mol. The van der Waals surface area contributed by atoms with Gasteiger partial charge in [-0.1, -0.05) is 6.07 Å². The lowest BCUT2D eigenvalue weighted by atomic mass is 9.99. The van der Waals surface area contributed by atoms with Crippen molar-refractivity contribution in [3.63, 3.8) is 0 Å². The number of rotatable bonds is 3. The summed E-state index contributed by atoms with van der Waals surface area (Å²) in [7, 11) is 0. The number of aromatic amines is 1. The van der Waals surface area contributed by atoms with Crippen molar-refractivity contribution in [1.29, 1.82) is 0 Å². The van der Waals surface area contributed by atoms with Crippen LogP contribution >= 0.6 is 0 Å². The number of alkyl halides is 2. The van der Waals surface area contributed by atoms with E-state index in [0.29, 0.717) is 24.4 Å². The number of nitrogens with one attached hydrogen (secondary N) is 1. The average Bonchev–Trinajstić information content (AvgIpc) is 3.43. The van der Waals surface area contributed by atoms with Crippen LogP contribution in [0.15, 0.2) is 41.5 Å². The van der Waals surface area contributed by atoms with Crippen LogP contribution in [0.5, 0.6) is 0 Å². The first-order valence-electron chi connectivity index (χ1n) is 9.03. The number of carbonyl (C=O) groups excluding carboxylic acids is 1. The van der Waals surface area contributed by atoms with Crippen LogP contribution < -0.4 is 0 Å². The van der Waals surface area contributed by atoms with Crippen molar-refractivity contribution in [2.24, 2.45) is 0 Å². The summed E-state index contributed by atoms with van der Waals surface area (Å²) in [6.07, 6.45) is 1.91. The van der Waals surface area contributed by atoms with Gasteiger partial charge in [0.2, 0.25) is 5.76 Å². The van der Waals surface area contributed by atoms with Gasteiger partial charge in [-0.15, -0.1) is 0 Å². The van der Waals surface area contributed by atoms with Crippen LogP contribution in [0, 0.1) is 6.92 Å². The highest BCUT2D eigenvalue weighted by atomic mass is 19.3. The van der Waals surface area contributed by atoms with Crippen molar-refractivity contribution in [1.82, 2.24) is 29.5 Å². The van der Waals surface area contributed by atoms with Gasteiger partial charge >= 0.3 is 0 Å². The zero-order chi connectivity index (χ0) is 20.1. The molecule has 5 rings (SSSR count). The predicted molar refractivity (Wildman–Crippen MR) is 96.6 cm³/mol. The van der Waals surface area contributed by atoms with E-state index in [2.05, 4.69) is 20.1 Å². The van der Waals surface area contributed by atoms with E-state index in [1.165, 1.54) is 4.90 Å². The van der Waals surface area contributed by atoms with E-state index in [-0.39, 0.29) is 0 Å². The van der Waals surface area contributed by atoms with E-state index in [1.54, 1.807) is 10.8 Å². The van der Waals surface area contributed by atoms with Gasteiger partial charge in [-0.2, -0.15) is 5.10 Å². The molecular formula is C19H16F2N6O2. The van der Waals surface area contributed by atoms with Crippen LogP contribution in [0.25, 0.3) is 5.52 Å². The molecule has 0 saturated carbocycles. The molecule has 10 heteroatoms. The molecule has 1 N–H and O–H groups in total. The number of hydrogen-bond acceptors (Lipinski definition) is 5. The molecule has 5 heterocycles. The summed E-state index contributed by atoms with van der Waals surface area (Å²) in [4.78, 5) is 25.6. The number of imidazole rings is 1. The molecule has 1 unspecified atom stereocenters. The van der Waals surface area contributed by atoms with Crippen LogP contribution in [0.1, 0.15) is 51.4 Å². The van der Waals surface area contributed by atoms with Crippen molar-refractivity contribution >= 4 is 11.4 Å². The summed E-state index contributed by atoms with van der Waals surface area (Å²) in [5.74, 6) is -1.12. The van der Waals surface area contributed by atoms with Crippen LogP contribution in [-0.2, 0) is 6.42 Å². The van der Waals surface area contributed by atoms with Crippen LogP contribution in [0.3, 0.4) is 0 Å². The molecular weight excluding hydrogens is 382 g/mol. The Morgan fingerprint density at radius 2 is 2.21 bits per heavy atom. The number of aryl methyl sites for hydroxylation is 1. The maximum absolute atomic E-state index is 13.2. The summed E-state index contributed by atoms with van der Waals surface area (Å²) < 4.78 is 33.3. The molecule has 148 valence electrons. The van der Waals surface area contributed by atoms with Crippen molar-refractivity contribution < 1.29 is 18.0 Å². The summed E-state index contributed by atoms with van der Waals surface area (Å²) in [6.45, 7) is 2.26. The lowest BCUT2D eigenvalue weighted by Gasteiger charge is -2.33. The third-order valence-electron chi connectivity index (χ3n) is 5.09. The molecule has 29 heavy (non-hydrogen) atoms. The lowest BCUT2D eigenvalue weighted by molar-refractivity contribution is 0.0639. The van der Waals surface area contributed by atoms with Crippen LogP contribution in [0.2, 0.25) is 0 Å². The Morgan fingerprint density at radius 3 is 3.03 bits per heavy atom. The molecule has 4 aromatic heterocycles. The van der Waals surface area contributed by atoms with Gasteiger partial charge in [0.1, 0.15) is 6.04 Å². The number of fused-ring (bicyclic) bond motifs is 2. The molecule has 1 aliphatic rings. The zero-order valence-electron chi connectivity index (χ0n) is 15.3. The fourth-order valence-corrected chi connectivity index (χ4v) is 3.74. The van der Waals surface area contributed by atoms with Crippen molar-refractivity contribution in [2.75, 3.05) is 6.54 Å². The molecule has 1 aliphatic heterocycles. The number of H-pyrrole nitrogens is 1. The zero-order valence-corrected chi connectivity index (χ0v) is 15.3. The van der Waals surface area contributed by atoms with Gasteiger partial charge in [0.15, 0.2) is 12.1 Å². The monoisotopic (exact) mass is 398 g/mol. The van der Waals surface area contributed by atoms with Gasteiger partial charge in [-0.25, -0.2) is 23.3 Å². The van der Waals surface area contributed by atoms with Gasteiger partial charge in [0.25, 0.3) is 12.3 Å². The number of amides is 1. The van der Waals surface area contributed by atoms with Gasteiger partial charge < -0.3 is 14.3 Å². The van der Waals surface area contributed by atoms with E-state index in [9.17, 15) is 13.6 Å². The minimum absolute atomic E-state index is 0.301.